The quantitative estimate of drug-likeness (QED) is 0.347. The first-order valence-electron chi connectivity index (χ1n) is 13.3. The second-order valence-corrected chi connectivity index (χ2v) is 9.84. The van der Waals surface area contributed by atoms with E-state index in [0.717, 1.165) is 50.1 Å². The number of aryl methyl sites for hydroxylation is 1. The number of piperidine rings is 1. The Morgan fingerprint density at radius 3 is 2.63 bits per heavy atom. The normalized spacial score (nSPS) is 14.4. The van der Waals surface area contributed by atoms with Crippen LogP contribution in [0.15, 0.2) is 47.0 Å². The Balaban J connectivity index is 1.18. The van der Waals surface area contributed by atoms with Crippen LogP contribution >= 0.6 is 0 Å². The van der Waals surface area contributed by atoms with E-state index in [1.54, 1.807) is 14.2 Å². The van der Waals surface area contributed by atoms with E-state index in [0.29, 0.717) is 36.3 Å². The van der Waals surface area contributed by atoms with Crippen LogP contribution in [0.3, 0.4) is 0 Å². The van der Waals surface area contributed by atoms with Gasteiger partial charge in [0.2, 0.25) is 17.6 Å². The van der Waals surface area contributed by atoms with Crippen molar-refractivity contribution in [2.24, 2.45) is 5.92 Å². The van der Waals surface area contributed by atoms with E-state index >= 15 is 0 Å². The number of methoxy groups -OCH3 is 2. The second kappa shape index (κ2) is 13.3. The molecular weight excluding hydrogens is 484 g/mol. The number of hydrogen-bond acceptors (Lipinski definition) is 8. The van der Waals surface area contributed by atoms with Gasteiger partial charge in [-0.05, 0) is 88.5 Å². The van der Waals surface area contributed by atoms with Crippen LogP contribution in [-0.2, 0) is 17.8 Å². The highest BCUT2D eigenvalue weighted by atomic mass is 16.5. The van der Waals surface area contributed by atoms with E-state index in [-0.39, 0.29) is 17.9 Å². The van der Waals surface area contributed by atoms with Gasteiger partial charge in [-0.1, -0.05) is 17.3 Å². The molecule has 2 heterocycles. The van der Waals surface area contributed by atoms with Gasteiger partial charge >= 0.3 is 0 Å². The number of carbonyl (C=O) groups excluding carboxylic acids is 1. The highest BCUT2D eigenvalue weighted by Crippen LogP contribution is 2.31. The molecule has 0 atom stereocenters. The van der Waals surface area contributed by atoms with Gasteiger partial charge in [-0.3, -0.25) is 9.69 Å². The zero-order chi connectivity index (χ0) is 26.9. The fraction of sp³-hybridized carbons (Fsp3) is 0.483. The van der Waals surface area contributed by atoms with Crippen molar-refractivity contribution in [3.8, 4) is 28.6 Å². The number of rotatable bonds is 12. The van der Waals surface area contributed by atoms with Gasteiger partial charge in [0.25, 0.3) is 0 Å². The first-order chi connectivity index (χ1) is 18.4. The maximum Gasteiger partial charge on any atom is 0.241 e. The topological polar surface area (TPSA) is 99.0 Å². The van der Waals surface area contributed by atoms with Crippen LogP contribution in [-0.4, -0.2) is 60.9 Å². The van der Waals surface area contributed by atoms with Gasteiger partial charge in [0.05, 0.1) is 26.9 Å². The summed E-state index contributed by atoms with van der Waals surface area (Å²) < 4.78 is 21.9. The van der Waals surface area contributed by atoms with Gasteiger partial charge in [0.15, 0.2) is 11.5 Å². The lowest BCUT2D eigenvalue weighted by Gasteiger charge is -2.30. The molecule has 1 aromatic heterocycles. The molecule has 204 valence electrons. The molecule has 1 amide bonds. The molecule has 0 saturated carbocycles. The zero-order valence-electron chi connectivity index (χ0n) is 22.7. The number of aromatic nitrogens is 2. The Labute approximate surface area is 224 Å². The summed E-state index contributed by atoms with van der Waals surface area (Å²) in [5.41, 5.74) is 2.02. The molecule has 9 nitrogen and oxygen atoms in total. The predicted molar refractivity (Wildman–Crippen MR) is 144 cm³/mol. The SMILES string of the molecule is COc1ccc(-c2noc(CN3CCC(C(=O)NCCCc4cccc(OC(C)C)c4)CC3)n2)cc1OC. The maximum atomic E-state index is 12.7. The Kier molecular flexibility index (Phi) is 9.59. The Bertz CT molecular complexity index is 1190. The lowest BCUT2D eigenvalue weighted by atomic mass is 9.96. The summed E-state index contributed by atoms with van der Waals surface area (Å²) in [7, 11) is 3.19. The summed E-state index contributed by atoms with van der Waals surface area (Å²) in [6.07, 6.45) is 3.59. The summed E-state index contributed by atoms with van der Waals surface area (Å²) >= 11 is 0. The molecule has 0 radical (unpaired) electrons. The van der Waals surface area contributed by atoms with Crippen molar-refractivity contribution in [2.45, 2.75) is 52.2 Å². The molecule has 1 aliphatic heterocycles. The minimum atomic E-state index is 0.0408. The molecule has 4 rings (SSSR count). The number of amides is 1. The van der Waals surface area contributed by atoms with Crippen LogP contribution in [0.1, 0.15) is 44.6 Å². The van der Waals surface area contributed by atoms with Gasteiger partial charge < -0.3 is 24.1 Å². The summed E-state index contributed by atoms with van der Waals surface area (Å²) in [6.45, 7) is 6.91. The highest BCUT2D eigenvalue weighted by molar-refractivity contribution is 5.78. The van der Waals surface area contributed by atoms with Crippen LogP contribution < -0.4 is 19.5 Å². The third-order valence-corrected chi connectivity index (χ3v) is 6.64. The van der Waals surface area contributed by atoms with Gasteiger partial charge in [0, 0.05) is 18.0 Å². The zero-order valence-corrected chi connectivity index (χ0v) is 22.7. The average Bonchev–Trinajstić information content (AvgIpc) is 3.39. The molecule has 1 fully saturated rings. The number of nitrogens with zero attached hydrogens (tertiary/aromatic N) is 3. The standard InChI is InChI=1S/C29H38N4O5/c1-20(2)37-24-9-5-7-21(17-24)8-6-14-30-29(34)22-12-15-33(16-13-22)19-27-31-28(32-38-27)23-10-11-25(35-3)26(18-23)36-4/h5,7,9-11,17-18,20,22H,6,8,12-16,19H2,1-4H3,(H,30,34). The summed E-state index contributed by atoms with van der Waals surface area (Å²) in [5, 5.41) is 7.25. The summed E-state index contributed by atoms with van der Waals surface area (Å²) in [6, 6.07) is 13.7. The molecule has 0 aliphatic carbocycles. The van der Waals surface area contributed by atoms with Crippen LogP contribution in [0, 0.1) is 5.92 Å². The number of likely N-dealkylation sites (tertiary alicyclic amines) is 1. The number of ether oxygens (including phenoxy) is 3. The largest absolute Gasteiger partial charge is 0.493 e. The first-order valence-corrected chi connectivity index (χ1v) is 13.3. The van der Waals surface area contributed by atoms with E-state index in [1.807, 2.05) is 44.2 Å². The van der Waals surface area contributed by atoms with Gasteiger partial charge in [-0.15, -0.1) is 0 Å². The Hall–Kier alpha value is -3.59. The number of nitrogens with one attached hydrogen (secondary N) is 1. The first kappa shape index (κ1) is 27.4. The smallest absolute Gasteiger partial charge is 0.241 e. The van der Waals surface area contributed by atoms with Gasteiger partial charge in [0.1, 0.15) is 5.75 Å². The van der Waals surface area contributed by atoms with Crippen LogP contribution in [0.5, 0.6) is 17.2 Å². The fourth-order valence-electron chi connectivity index (χ4n) is 4.65. The third-order valence-electron chi connectivity index (χ3n) is 6.64. The van der Waals surface area contributed by atoms with Crippen LogP contribution in [0.25, 0.3) is 11.4 Å². The van der Waals surface area contributed by atoms with Crippen molar-refractivity contribution < 1.29 is 23.5 Å². The lowest BCUT2D eigenvalue weighted by molar-refractivity contribution is -0.126. The molecule has 0 spiro atoms. The van der Waals surface area contributed by atoms with Crippen LogP contribution in [0.4, 0.5) is 0 Å². The Morgan fingerprint density at radius 1 is 1.11 bits per heavy atom. The molecule has 1 N–H and O–H groups in total. The highest BCUT2D eigenvalue weighted by Gasteiger charge is 2.26. The second-order valence-electron chi connectivity index (χ2n) is 9.84. The third kappa shape index (κ3) is 7.47. The van der Waals surface area contributed by atoms with E-state index in [4.69, 9.17) is 18.7 Å². The fourth-order valence-corrected chi connectivity index (χ4v) is 4.65. The van der Waals surface area contributed by atoms with Crippen molar-refractivity contribution in [3.05, 3.63) is 53.9 Å². The molecular formula is C29H38N4O5. The minimum Gasteiger partial charge on any atom is -0.493 e. The van der Waals surface area contributed by atoms with E-state index in [9.17, 15) is 4.79 Å². The monoisotopic (exact) mass is 522 g/mol. The molecule has 9 heteroatoms. The molecule has 2 aromatic carbocycles. The maximum absolute atomic E-state index is 12.7. The number of carbonyl (C=O) groups is 1. The van der Waals surface area contributed by atoms with E-state index in [1.165, 1.54) is 5.56 Å². The van der Waals surface area contributed by atoms with Crippen molar-refractivity contribution in [1.82, 2.24) is 20.4 Å². The molecule has 0 bridgehead atoms. The van der Waals surface area contributed by atoms with Crippen molar-refractivity contribution >= 4 is 5.91 Å². The molecule has 3 aromatic rings. The predicted octanol–water partition coefficient (Wildman–Crippen LogP) is 4.50. The van der Waals surface area contributed by atoms with Crippen LogP contribution in [0.2, 0.25) is 0 Å². The summed E-state index contributed by atoms with van der Waals surface area (Å²) in [5.74, 6) is 3.41. The average molecular weight is 523 g/mol. The molecule has 38 heavy (non-hydrogen) atoms. The minimum absolute atomic E-state index is 0.0408. The number of hydrogen-bond donors (Lipinski definition) is 1. The lowest BCUT2D eigenvalue weighted by Crippen LogP contribution is -2.40. The van der Waals surface area contributed by atoms with E-state index in [2.05, 4.69) is 32.5 Å². The van der Waals surface area contributed by atoms with Crippen molar-refractivity contribution in [1.29, 1.82) is 0 Å². The van der Waals surface area contributed by atoms with Gasteiger partial charge in [-0.2, -0.15) is 4.98 Å². The van der Waals surface area contributed by atoms with Crippen molar-refractivity contribution in [2.75, 3.05) is 33.9 Å². The van der Waals surface area contributed by atoms with E-state index < -0.39 is 0 Å². The molecule has 1 aliphatic rings. The summed E-state index contributed by atoms with van der Waals surface area (Å²) in [4.78, 5) is 19.5. The Morgan fingerprint density at radius 2 is 1.89 bits per heavy atom. The van der Waals surface area contributed by atoms with Gasteiger partial charge in [-0.25, -0.2) is 0 Å². The molecule has 1 saturated heterocycles. The van der Waals surface area contributed by atoms with Crippen molar-refractivity contribution in [3.63, 3.8) is 0 Å². The number of benzene rings is 2. The molecule has 0 unspecified atom stereocenters.